The zero-order valence-electron chi connectivity index (χ0n) is 8.08. The topological polar surface area (TPSA) is 66.4 Å². The first-order chi connectivity index (χ1) is 6.99. The average Bonchev–Trinajstić information content (AvgIpc) is 2.12. The molecule has 1 aromatic rings. The molecule has 0 unspecified atom stereocenters. The molecule has 80 valence electrons. The highest BCUT2D eigenvalue weighted by Crippen LogP contribution is 2.07. The van der Waals surface area contributed by atoms with Gasteiger partial charge in [-0.3, -0.25) is 9.59 Å². The minimum atomic E-state index is -1.14. The number of carboxylic acid groups (broad SMARTS) is 1. The average molecular weight is 211 g/mol. The van der Waals surface area contributed by atoms with Crippen LogP contribution in [0.5, 0.6) is 0 Å². The van der Waals surface area contributed by atoms with Crippen LogP contribution in [0.1, 0.15) is 15.9 Å². The molecule has 2 N–H and O–H groups in total. The summed E-state index contributed by atoms with van der Waals surface area (Å²) in [7, 11) is 0. The number of benzene rings is 1. The molecule has 0 spiro atoms. The minimum absolute atomic E-state index is 0.119. The smallest absolute Gasteiger partial charge is 0.322 e. The summed E-state index contributed by atoms with van der Waals surface area (Å²) in [6, 6.07) is 3.83. The number of carbonyl (C=O) groups excluding carboxylic acids is 1. The molecule has 1 rings (SSSR count). The van der Waals surface area contributed by atoms with E-state index in [0.29, 0.717) is 5.56 Å². The van der Waals surface area contributed by atoms with Crippen molar-refractivity contribution >= 4 is 11.9 Å². The third kappa shape index (κ3) is 3.38. The lowest BCUT2D eigenvalue weighted by Gasteiger charge is -2.03. The number of aryl methyl sites for hydroxylation is 1. The molecule has 0 atom stereocenters. The molecule has 0 bridgehead atoms. The van der Waals surface area contributed by atoms with Gasteiger partial charge in [0.2, 0.25) is 0 Å². The van der Waals surface area contributed by atoms with Gasteiger partial charge < -0.3 is 10.4 Å². The molecule has 0 saturated carbocycles. The summed E-state index contributed by atoms with van der Waals surface area (Å²) < 4.78 is 12.9. The Hall–Kier alpha value is -1.91. The van der Waals surface area contributed by atoms with E-state index in [2.05, 4.69) is 5.32 Å². The van der Waals surface area contributed by atoms with E-state index in [9.17, 15) is 14.0 Å². The molecule has 5 heteroatoms. The quantitative estimate of drug-likeness (QED) is 0.782. The van der Waals surface area contributed by atoms with Gasteiger partial charge in [-0.15, -0.1) is 0 Å². The molecule has 0 saturated heterocycles. The van der Waals surface area contributed by atoms with Crippen molar-refractivity contribution < 1.29 is 19.1 Å². The summed E-state index contributed by atoms with van der Waals surface area (Å²) in [5, 5.41) is 10.5. The van der Waals surface area contributed by atoms with Gasteiger partial charge >= 0.3 is 5.97 Å². The van der Waals surface area contributed by atoms with Gasteiger partial charge in [0.1, 0.15) is 12.4 Å². The minimum Gasteiger partial charge on any atom is -0.480 e. The van der Waals surface area contributed by atoms with E-state index in [1.54, 1.807) is 6.92 Å². The van der Waals surface area contributed by atoms with Gasteiger partial charge in [-0.05, 0) is 30.7 Å². The molecule has 15 heavy (non-hydrogen) atoms. The van der Waals surface area contributed by atoms with Crippen molar-refractivity contribution in [2.24, 2.45) is 0 Å². The van der Waals surface area contributed by atoms with Crippen molar-refractivity contribution in [1.29, 1.82) is 0 Å². The van der Waals surface area contributed by atoms with E-state index in [4.69, 9.17) is 5.11 Å². The Balaban J connectivity index is 2.77. The van der Waals surface area contributed by atoms with Crippen LogP contribution in [-0.2, 0) is 4.79 Å². The van der Waals surface area contributed by atoms with Gasteiger partial charge in [0.05, 0.1) is 0 Å². The third-order valence-corrected chi connectivity index (χ3v) is 1.70. The van der Waals surface area contributed by atoms with Crippen molar-refractivity contribution in [2.75, 3.05) is 6.54 Å². The van der Waals surface area contributed by atoms with E-state index < -0.39 is 24.2 Å². The van der Waals surface area contributed by atoms with Crippen LogP contribution in [0.2, 0.25) is 0 Å². The summed E-state index contributed by atoms with van der Waals surface area (Å²) >= 11 is 0. The number of rotatable bonds is 3. The zero-order chi connectivity index (χ0) is 11.4. The highest BCUT2D eigenvalue weighted by Gasteiger charge is 2.08. The van der Waals surface area contributed by atoms with Crippen LogP contribution in [0.3, 0.4) is 0 Å². The van der Waals surface area contributed by atoms with Crippen LogP contribution in [0.25, 0.3) is 0 Å². The Kier molecular flexibility index (Phi) is 3.38. The van der Waals surface area contributed by atoms with E-state index in [0.717, 1.165) is 6.07 Å². The Morgan fingerprint density at radius 1 is 1.40 bits per heavy atom. The number of nitrogens with one attached hydrogen (secondary N) is 1. The molecule has 0 aromatic heterocycles. The lowest BCUT2D eigenvalue weighted by molar-refractivity contribution is -0.135. The second kappa shape index (κ2) is 4.54. The summed E-state index contributed by atoms with van der Waals surface area (Å²) in [5.41, 5.74) is 0.726. The van der Waals surface area contributed by atoms with Gasteiger partial charge in [-0.25, -0.2) is 4.39 Å². The highest BCUT2D eigenvalue weighted by molar-refractivity contribution is 5.95. The fourth-order valence-corrected chi connectivity index (χ4v) is 1.13. The lowest BCUT2D eigenvalue weighted by atomic mass is 10.1. The SMILES string of the molecule is Cc1cc(F)cc(C(=O)NCC(=O)O)c1. The van der Waals surface area contributed by atoms with Crippen LogP contribution in [0.15, 0.2) is 18.2 Å². The highest BCUT2D eigenvalue weighted by atomic mass is 19.1. The second-order valence-corrected chi connectivity index (χ2v) is 3.09. The van der Waals surface area contributed by atoms with Crippen molar-refractivity contribution in [3.05, 3.63) is 35.1 Å². The number of carboxylic acids is 1. The molecule has 1 amide bonds. The first-order valence-electron chi connectivity index (χ1n) is 4.26. The van der Waals surface area contributed by atoms with E-state index in [1.807, 2.05) is 0 Å². The molecule has 0 fully saturated rings. The van der Waals surface area contributed by atoms with Crippen molar-refractivity contribution in [3.63, 3.8) is 0 Å². The number of carbonyl (C=O) groups is 2. The van der Waals surface area contributed by atoms with Gasteiger partial charge in [-0.1, -0.05) is 0 Å². The summed E-state index contributed by atoms with van der Waals surface area (Å²) in [4.78, 5) is 21.5. The Morgan fingerprint density at radius 3 is 2.60 bits per heavy atom. The van der Waals surface area contributed by atoms with Crippen molar-refractivity contribution in [2.45, 2.75) is 6.92 Å². The van der Waals surface area contributed by atoms with Crippen molar-refractivity contribution in [3.8, 4) is 0 Å². The van der Waals surface area contributed by atoms with Crippen LogP contribution < -0.4 is 5.32 Å². The predicted octanol–water partition coefficient (Wildman–Crippen LogP) is 0.949. The molecular weight excluding hydrogens is 201 g/mol. The molecule has 0 aliphatic heterocycles. The number of halogens is 1. The van der Waals surface area contributed by atoms with Gasteiger partial charge in [0.25, 0.3) is 5.91 Å². The van der Waals surface area contributed by atoms with Crippen molar-refractivity contribution in [1.82, 2.24) is 5.32 Å². The summed E-state index contributed by atoms with van der Waals surface area (Å²) in [5.74, 6) is -2.26. The summed E-state index contributed by atoms with van der Waals surface area (Å²) in [6.45, 7) is 1.17. The summed E-state index contributed by atoms with van der Waals surface area (Å²) in [6.07, 6.45) is 0. The first kappa shape index (κ1) is 11.2. The van der Waals surface area contributed by atoms with Gasteiger partial charge in [0.15, 0.2) is 0 Å². The predicted molar refractivity (Wildman–Crippen MR) is 51.1 cm³/mol. The Morgan fingerprint density at radius 2 is 2.07 bits per heavy atom. The fraction of sp³-hybridized carbons (Fsp3) is 0.200. The Labute approximate surface area is 85.7 Å². The lowest BCUT2D eigenvalue weighted by Crippen LogP contribution is -2.29. The van der Waals surface area contributed by atoms with E-state index in [-0.39, 0.29) is 5.56 Å². The van der Waals surface area contributed by atoms with E-state index in [1.165, 1.54) is 12.1 Å². The normalized spacial score (nSPS) is 9.73. The largest absolute Gasteiger partial charge is 0.480 e. The van der Waals surface area contributed by atoms with Crippen LogP contribution >= 0.6 is 0 Å². The monoisotopic (exact) mass is 211 g/mol. The maximum absolute atomic E-state index is 12.9. The zero-order valence-corrected chi connectivity index (χ0v) is 8.08. The first-order valence-corrected chi connectivity index (χ1v) is 4.26. The van der Waals surface area contributed by atoms with Gasteiger partial charge in [-0.2, -0.15) is 0 Å². The molecule has 0 aliphatic carbocycles. The number of hydrogen-bond acceptors (Lipinski definition) is 2. The number of aliphatic carboxylic acids is 1. The number of amides is 1. The maximum atomic E-state index is 12.9. The third-order valence-electron chi connectivity index (χ3n) is 1.70. The van der Waals surface area contributed by atoms with Crippen LogP contribution in [0, 0.1) is 12.7 Å². The fourth-order valence-electron chi connectivity index (χ4n) is 1.13. The Bertz CT molecular complexity index is 383. The second-order valence-electron chi connectivity index (χ2n) is 3.09. The molecule has 0 aliphatic rings. The maximum Gasteiger partial charge on any atom is 0.322 e. The van der Waals surface area contributed by atoms with Crippen LogP contribution in [0.4, 0.5) is 4.39 Å². The number of hydrogen-bond donors (Lipinski definition) is 2. The molecule has 0 heterocycles. The van der Waals surface area contributed by atoms with Gasteiger partial charge in [0, 0.05) is 5.56 Å². The molecular formula is C10H10FNO3. The molecule has 0 radical (unpaired) electrons. The molecule has 4 nitrogen and oxygen atoms in total. The molecule has 1 aromatic carbocycles. The van der Waals surface area contributed by atoms with E-state index >= 15 is 0 Å². The standard InChI is InChI=1S/C10H10FNO3/c1-6-2-7(4-8(11)3-6)10(15)12-5-9(13)14/h2-4H,5H2,1H3,(H,12,15)(H,13,14). The van der Waals surface area contributed by atoms with Crippen LogP contribution in [-0.4, -0.2) is 23.5 Å².